The zero-order valence-electron chi connectivity index (χ0n) is 17.4. The molecule has 1 heterocycles. The second-order valence-electron chi connectivity index (χ2n) is 8.77. The molecule has 0 unspecified atom stereocenters. The molecule has 1 aliphatic rings. The highest BCUT2D eigenvalue weighted by Crippen LogP contribution is 2.27. The van der Waals surface area contributed by atoms with Crippen molar-refractivity contribution in [1.29, 1.82) is 5.26 Å². The van der Waals surface area contributed by atoms with Crippen LogP contribution in [0.25, 0.3) is 5.69 Å². The first-order valence-electron chi connectivity index (χ1n) is 10.1. The summed E-state index contributed by atoms with van der Waals surface area (Å²) in [6.07, 6.45) is 7.54. The number of rotatable bonds is 6. The fourth-order valence-corrected chi connectivity index (χ4v) is 4.63. The topological polar surface area (TPSA) is 86.9 Å². The largest absolute Gasteiger partial charge is 0.385 e. The van der Waals surface area contributed by atoms with Crippen LogP contribution in [0.2, 0.25) is 0 Å². The van der Waals surface area contributed by atoms with Gasteiger partial charge in [0.05, 0.1) is 16.0 Å². The fraction of sp³-hybridized carbons (Fsp3) is 0.500. The minimum atomic E-state index is -3.30. The third kappa shape index (κ3) is 5.20. The van der Waals surface area contributed by atoms with Gasteiger partial charge in [-0.2, -0.15) is 5.26 Å². The summed E-state index contributed by atoms with van der Waals surface area (Å²) in [6, 6.07) is 12.0. The van der Waals surface area contributed by atoms with Crippen LogP contribution in [0.5, 0.6) is 0 Å². The Morgan fingerprint density at radius 3 is 2.38 bits per heavy atom. The second-order valence-corrected chi connectivity index (χ2v) is 11.2. The van der Waals surface area contributed by atoms with E-state index < -0.39 is 14.8 Å². The van der Waals surface area contributed by atoms with Gasteiger partial charge in [-0.3, -0.25) is 0 Å². The Bertz CT molecular complexity index is 961. The highest BCUT2D eigenvalue weighted by atomic mass is 32.2. The van der Waals surface area contributed by atoms with Crippen molar-refractivity contribution in [3.63, 3.8) is 0 Å². The molecule has 0 aliphatic heterocycles. The summed E-state index contributed by atoms with van der Waals surface area (Å²) in [7, 11) is -3.30. The Balaban J connectivity index is 1.53. The fourth-order valence-electron chi connectivity index (χ4n) is 3.60. The molecule has 0 saturated heterocycles. The second kappa shape index (κ2) is 8.60. The number of nitrogens with zero attached hydrogens (tertiary/aromatic N) is 2. The third-order valence-electron chi connectivity index (χ3n) is 5.57. The van der Waals surface area contributed by atoms with E-state index in [-0.39, 0.29) is 6.04 Å². The van der Waals surface area contributed by atoms with Gasteiger partial charge in [0.2, 0.25) is 10.0 Å². The standard InChI is InChI=1S/C22H30N4O2S/c1-22(2,3)29(27,28)25-19-8-6-17(7-9-19)16-24-20-10-11-21(18(14-20)15-23)26-12-4-5-13-26/h4-5,10-14,17,19,24-25H,6-9,16H2,1-3H3. The Morgan fingerprint density at radius 1 is 1.14 bits per heavy atom. The van der Waals surface area contributed by atoms with E-state index in [2.05, 4.69) is 16.1 Å². The van der Waals surface area contributed by atoms with Gasteiger partial charge in [0.25, 0.3) is 0 Å². The molecule has 0 spiro atoms. The molecule has 156 valence electrons. The van der Waals surface area contributed by atoms with Gasteiger partial charge in [-0.15, -0.1) is 0 Å². The van der Waals surface area contributed by atoms with E-state index in [1.165, 1.54) is 0 Å². The molecule has 6 nitrogen and oxygen atoms in total. The average Bonchev–Trinajstić information content (AvgIpc) is 3.20. The van der Waals surface area contributed by atoms with Crippen LogP contribution in [0.15, 0.2) is 42.7 Å². The van der Waals surface area contributed by atoms with Crippen molar-refractivity contribution in [2.75, 3.05) is 11.9 Å². The van der Waals surface area contributed by atoms with Crippen LogP contribution in [0.1, 0.15) is 52.0 Å². The predicted molar refractivity (Wildman–Crippen MR) is 117 cm³/mol. The maximum atomic E-state index is 12.3. The van der Waals surface area contributed by atoms with Crippen LogP contribution < -0.4 is 10.0 Å². The smallest absolute Gasteiger partial charge is 0.216 e. The monoisotopic (exact) mass is 414 g/mol. The lowest BCUT2D eigenvalue weighted by Crippen LogP contribution is -2.46. The van der Waals surface area contributed by atoms with Crippen molar-refractivity contribution < 1.29 is 8.42 Å². The van der Waals surface area contributed by atoms with E-state index in [9.17, 15) is 13.7 Å². The number of nitriles is 1. The Morgan fingerprint density at radius 2 is 1.79 bits per heavy atom. The van der Waals surface area contributed by atoms with Gasteiger partial charge in [-0.1, -0.05) is 0 Å². The highest BCUT2D eigenvalue weighted by molar-refractivity contribution is 7.90. The zero-order valence-corrected chi connectivity index (χ0v) is 18.2. The van der Waals surface area contributed by atoms with E-state index in [0.29, 0.717) is 11.5 Å². The molecule has 1 aromatic carbocycles. The van der Waals surface area contributed by atoms with E-state index >= 15 is 0 Å². The van der Waals surface area contributed by atoms with Gasteiger partial charge in [0, 0.05) is 30.7 Å². The highest BCUT2D eigenvalue weighted by Gasteiger charge is 2.32. The van der Waals surface area contributed by atoms with Gasteiger partial charge in [0.15, 0.2) is 0 Å². The molecule has 29 heavy (non-hydrogen) atoms. The summed E-state index contributed by atoms with van der Waals surface area (Å²) in [4.78, 5) is 0. The maximum absolute atomic E-state index is 12.3. The lowest BCUT2D eigenvalue weighted by molar-refractivity contribution is 0.322. The number of aromatic nitrogens is 1. The minimum Gasteiger partial charge on any atom is -0.385 e. The number of anilines is 1. The first-order chi connectivity index (χ1) is 13.7. The minimum absolute atomic E-state index is 0.0292. The van der Waals surface area contributed by atoms with Crippen molar-refractivity contribution in [2.24, 2.45) is 5.92 Å². The van der Waals surface area contributed by atoms with E-state index in [4.69, 9.17) is 0 Å². The van der Waals surface area contributed by atoms with Gasteiger partial charge in [-0.25, -0.2) is 13.1 Å². The number of hydrogen-bond donors (Lipinski definition) is 2. The molecule has 2 aromatic rings. The molecule has 2 N–H and O–H groups in total. The molecule has 1 saturated carbocycles. The molecule has 0 amide bonds. The van der Waals surface area contributed by atoms with Crippen molar-refractivity contribution >= 4 is 15.7 Å². The Hall–Kier alpha value is -2.30. The third-order valence-corrected chi connectivity index (χ3v) is 7.83. The van der Waals surface area contributed by atoms with Gasteiger partial charge >= 0.3 is 0 Å². The predicted octanol–water partition coefficient (Wildman–Crippen LogP) is 4.04. The summed E-state index contributed by atoms with van der Waals surface area (Å²) >= 11 is 0. The lowest BCUT2D eigenvalue weighted by Gasteiger charge is -2.31. The SMILES string of the molecule is CC(C)(C)S(=O)(=O)NC1CCC(CNc2ccc(-n3cccc3)c(C#N)c2)CC1. The molecule has 7 heteroatoms. The van der Waals surface area contributed by atoms with Gasteiger partial charge in [0.1, 0.15) is 6.07 Å². The maximum Gasteiger partial charge on any atom is 0.216 e. The normalized spacial score (nSPS) is 20.2. The number of nitrogens with one attached hydrogen (secondary N) is 2. The Kier molecular flexibility index (Phi) is 6.35. The van der Waals surface area contributed by atoms with Gasteiger partial charge in [-0.05, 0) is 82.7 Å². The van der Waals surface area contributed by atoms with Crippen LogP contribution in [0, 0.1) is 17.2 Å². The van der Waals surface area contributed by atoms with Crippen molar-refractivity contribution in [1.82, 2.24) is 9.29 Å². The van der Waals surface area contributed by atoms with Crippen LogP contribution in [0.3, 0.4) is 0 Å². The van der Waals surface area contributed by atoms with Crippen molar-refractivity contribution in [2.45, 2.75) is 57.2 Å². The molecule has 1 fully saturated rings. The lowest BCUT2D eigenvalue weighted by atomic mass is 9.86. The van der Waals surface area contributed by atoms with Crippen LogP contribution in [0.4, 0.5) is 5.69 Å². The summed E-state index contributed by atoms with van der Waals surface area (Å²) in [5.41, 5.74) is 2.44. The molecule has 1 aromatic heterocycles. The molecule has 0 bridgehead atoms. The number of sulfonamides is 1. The van der Waals surface area contributed by atoms with Crippen molar-refractivity contribution in [3.05, 3.63) is 48.3 Å². The quantitative estimate of drug-likeness (QED) is 0.747. The Labute approximate surface area is 174 Å². The first kappa shape index (κ1) is 21.4. The number of hydrogen-bond acceptors (Lipinski definition) is 4. The summed E-state index contributed by atoms with van der Waals surface area (Å²) in [5, 5.41) is 12.9. The molecule has 0 radical (unpaired) electrons. The van der Waals surface area contributed by atoms with E-state index in [1.54, 1.807) is 20.8 Å². The van der Waals surface area contributed by atoms with Crippen LogP contribution in [-0.2, 0) is 10.0 Å². The number of benzene rings is 1. The van der Waals surface area contributed by atoms with Crippen LogP contribution in [-0.4, -0.2) is 30.3 Å². The molecule has 1 aliphatic carbocycles. The summed E-state index contributed by atoms with van der Waals surface area (Å²) < 4.78 is 28.7. The average molecular weight is 415 g/mol. The molecule has 3 rings (SSSR count). The van der Waals surface area contributed by atoms with E-state index in [1.807, 2.05) is 47.3 Å². The van der Waals surface area contributed by atoms with E-state index in [0.717, 1.165) is 43.6 Å². The summed E-state index contributed by atoms with van der Waals surface area (Å²) in [5.74, 6) is 0.500. The van der Waals surface area contributed by atoms with Gasteiger partial charge < -0.3 is 9.88 Å². The summed E-state index contributed by atoms with van der Waals surface area (Å²) in [6.45, 7) is 6.00. The first-order valence-corrected chi connectivity index (χ1v) is 11.6. The molecular weight excluding hydrogens is 384 g/mol. The molecular formula is C22H30N4O2S. The van der Waals surface area contributed by atoms with Crippen LogP contribution >= 0.6 is 0 Å². The molecule has 0 atom stereocenters. The zero-order chi connectivity index (χ0) is 21.1. The van der Waals surface area contributed by atoms with Crippen molar-refractivity contribution in [3.8, 4) is 11.8 Å².